The minimum atomic E-state index is -1.07. The van der Waals surface area contributed by atoms with Crippen molar-refractivity contribution in [2.45, 2.75) is 18.9 Å². The third kappa shape index (κ3) is 3.80. The summed E-state index contributed by atoms with van der Waals surface area (Å²) >= 11 is 3.29. The summed E-state index contributed by atoms with van der Waals surface area (Å²) in [5.41, 5.74) is 0.547. The first-order valence-electron chi connectivity index (χ1n) is 6.44. The number of hydrogen-bond acceptors (Lipinski definition) is 3. The summed E-state index contributed by atoms with van der Waals surface area (Å²) in [6, 6.07) is 5.83. The second-order valence-corrected chi connectivity index (χ2v) is 5.66. The van der Waals surface area contributed by atoms with Gasteiger partial charge in [0.15, 0.2) is 6.04 Å². The zero-order chi connectivity index (χ0) is 14.5. The molecule has 2 atom stereocenters. The lowest BCUT2D eigenvalue weighted by Gasteiger charge is -2.23. The second-order valence-electron chi connectivity index (χ2n) is 4.75. The van der Waals surface area contributed by atoms with Gasteiger partial charge in [0.2, 0.25) is 5.91 Å². The Labute approximate surface area is 125 Å². The van der Waals surface area contributed by atoms with Gasteiger partial charge in [0.05, 0.1) is 12.5 Å². The van der Waals surface area contributed by atoms with E-state index in [1.54, 1.807) is 24.3 Å². The van der Waals surface area contributed by atoms with Gasteiger partial charge in [0.1, 0.15) is 0 Å². The third-order valence-corrected chi connectivity index (χ3v) is 3.80. The summed E-state index contributed by atoms with van der Waals surface area (Å²) in [4.78, 5) is 23.4. The van der Waals surface area contributed by atoms with Gasteiger partial charge in [-0.25, -0.2) is 4.79 Å². The lowest BCUT2D eigenvalue weighted by molar-refractivity contribution is -0.143. The van der Waals surface area contributed by atoms with E-state index in [1.165, 1.54) is 0 Å². The van der Waals surface area contributed by atoms with Crippen molar-refractivity contribution in [1.82, 2.24) is 5.32 Å². The number of carboxylic acids is 1. The number of carboxylic acid groups (broad SMARTS) is 1. The van der Waals surface area contributed by atoms with Crippen molar-refractivity contribution in [1.29, 1.82) is 0 Å². The normalized spacial score (nSPS) is 20.1. The number of carbonyl (C=O) groups is 2. The molecule has 0 aliphatic carbocycles. The highest BCUT2D eigenvalue weighted by atomic mass is 79.9. The minimum absolute atomic E-state index is 0.263. The maximum Gasteiger partial charge on any atom is 0.330 e. The highest BCUT2D eigenvalue weighted by molar-refractivity contribution is 9.10. The molecule has 1 fully saturated rings. The van der Waals surface area contributed by atoms with Crippen molar-refractivity contribution in [2.75, 3.05) is 13.2 Å². The number of hydrogen-bond donors (Lipinski definition) is 2. The van der Waals surface area contributed by atoms with Crippen molar-refractivity contribution in [3.8, 4) is 0 Å². The average Bonchev–Trinajstić information content (AvgIpc) is 2.46. The first-order valence-corrected chi connectivity index (χ1v) is 7.23. The summed E-state index contributed by atoms with van der Waals surface area (Å²) in [6.07, 6.45) is 1.56. The zero-order valence-corrected chi connectivity index (χ0v) is 12.4. The quantitative estimate of drug-likeness (QED) is 0.879. The summed E-state index contributed by atoms with van der Waals surface area (Å²) in [5, 5.41) is 11.9. The van der Waals surface area contributed by atoms with Crippen LogP contribution in [0.4, 0.5) is 0 Å². The van der Waals surface area contributed by atoms with E-state index in [-0.39, 0.29) is 11.8 Å². The lowest BCUT2D eigenvalue weighted by atomic mass is 10.00. The van der Waals surface area contributed by atoms with Crippen LogP contribution in [0, 0.1) is 5.92 Å². The predicted molar refractivity (Wildman–Crippen MR) is 76.2 cm³/mol. The Morgan fingerprint density at radius 1 is 1.35 bits per heavy atom. The molecule has 108 valence electrons. The van der Waals surface area contributed by atoms with E-state index in [0.29, 0.717) is 18.8 Å². The van der Waals surface area contributed by atoms with Gasteiger partial charge in [0.25, 0.3) is 0 Å². The van der Waals surface area contributed by atoms with Crippen LogP contribution >= 0.6 is 15.9 Å². The van der Waals surface area contributed by atoms with Crippen LogP contribution in [-0.2, 0) is 14.3 Å². The fourth-order valence-corrected chi connectivity index (χ4v) is 2.41. The summed E-state index contributed by atoms with van der Waals surface area (Å²) in [5.74, 6) is -1.60. The first-order chi connectivity index (χ1) is 9.58. The molecular formula is C14H16BrNO4. The van der Waals surface area contributed by atoms with Gasteiger partial charge in [-0.3, -0.25) is 4.79 Å². The molecule has 0 spiro atoms. The van der Waals surface area contributed by atoms with Gasteiger partial charge in [-0.1, -0.05) is 28.1 Å². The predicted octanol–water partition coefficient (Wildman–Crippen LogP) is 2.12. The molecule has 0 aromatic heterocycles. The van der Waals surface area contributed by atoms with E-state index in [2.05, 4.69) is 21.2 Å². The number of nitrogens with one attached hydrogen (secondary N) is 1. The van der Waals surface area contributed by atoms with E-state index in [9.17, 15) is 14.7 Å². The highest BCUT2D eigenvalue weighted by Gasteiger charge is 2.27. The SMILES string of the molecule is O=C(NC(C(=O)O)c1ccc(Br)cc1)C1CCCOC1. The van der Waals surface area contributed by atoms with Crippen molar-refractivity contribution < 1.29 is 19.4 Å². The molecule has 2 N–H and O–H groups in total. The molecule has 1 heterocycles. The second kappa shape index (κ2) is 6.85. The number of amides is 1. The molecule has 1 saturated heterocycles. The van der Waals surface area contributed by atoms with Crippen molar-refractivity contribution in [3.63, 3.8) is 0 Å². The van der Waals surface area contributed by atoms with Crippen LogP contribution < -0.4 is 5.32 Å². The van der Waals surface area contributed by atoms with Crippen LogP contribution in [0.2, 0.25) is 0 Å². The Kier molecular flexibility index (Phi) is 5.14. The molecule has 0 bridgehead atoms. The molecule has 20 heavy (non-hydrogen) atoms. The Balaban J connectivity index is 2.07. The number of halogens is 1. The Morgan fingerprint density at radius 2 is 2.05 bits per heavy atom. The Bertz CT molecular complexity index is 482. The molecule has 1 amide bonds. The third-order valence-electron chi connectivity index (χ3n) is 3.27. The van der Waals surface area contributed by atoms with E-state index >= 15 is 0 Å². The van der Waals surface area contributed by atoms with Gasteiger partial charge in [-0.2, -0.15) is 0 Å². The fraction of sp³-hybridized carbons (Fsp3) is 0.429. The molecule has 5 nitrogen and oxygen atoms in total. The number of carbonyl (C=O) groups excluding carboxylic acids is 1. The lowest BCUT2D eigenvalue weighted by Crippen LogP contribution is -2.40. The molecule has 1 aliphatic heterocycles. The molecule has 6 heteroatoms. The fourth-order valence-electron chi connectivity index (χ4n) is 2.15. The Hall–Kier alpha value is -1.40. The maximum absolute atomic E-state index is 12.1. The van der Waals surface area contributed by atoms with Crippen molar-refractivity contribution in [3.05, 3.63) is 34.3 Å². The van der Waals surface area contributed by atoms with Crippen molar-refractivity contribution >= 4 is 27.8 Å². The topological polar surface area (TPSA) is 75.6 Å². The summed E-state index contributed by atoms with van der Waals surface area (Å²) < 4.78 is 6.11. The molecular weight excluding hydrogens is 326 g/mol. The number of ether oxygens (including phenoxy) is 1. The number of benzene rings is 1. The van der Waals surface area contributed by atoms with E-state index in [4.69, 9.17) is 4.74 Å². The van der Waals surface area contributed by atoms with Crippen LogP contribution in [0.1, 0.15) is 24.4 Å². The molecule has 1 aromatic carbocycles. The van der Waals surface area contributed by atoms with Gasteiger partial charge in [-0.05, 0) is 30.5 Å². The van der Waals surface area contributed by atoms with Gasteiger partial charge >= 0.3 is 5.97 Å². The highest BCUT2D eigenvalue weighted by Crippen LogP contribution is 2.19. The first kappa shape index (κ1) is 15.0. The number of rotatable bonds is 4. The van der Waals surface area contributed by atoms with E-state index in [0.717, 1.165) is 17.3 Å². The van der Waals surface area contributed by atoms with Crippen LogP contribution in [0.15, 0.2) is 28.7 Å². The minimum Gasteiger partial charge on any atom is -0.479 e. The van der Waals surface area contributed by atoms with E-state index < -0.39 is 12.0 Å². The maximum atomic E-state index is 12.1. The van der Waals surface area contributed by atoms with Crippen molar-refractivity contribution in [2.24, 2.45) is 5.92 Å². The summed E-state index contributed by atoms with van der Waals surface area (Å²) in [7, 11) is 0. The molecule has 2 rings (SSSR count). The van der Waals surface area contributed by atoms with Crippen LogP contribution in [0.5, 0.6) is 0 Å². The smallest absolute Gasteiger partial charge is 0.330 e. The van der Waals surface area contributed by atoms with Crippen LogP contribution in [0.25, 0.3) is 0 Å². The number of aliphatic carboxylic acids is 1. The molecule has 0 saturated carbocycles. The van der Waals surface area contributed by atoms with Gasteiger partial charge in [-0.15, -0.1) is 0 Å². The Morgan fingerprint density at radius 3 is 2.60 bits per heavy atom. The molecule has 1 aliphatic rings. The van der Waals surface area contributed by atoms with E-state index in [1.807, 2.05) is 0 Å². The van der Waals surface area contributed by atoms with Gasteiger partial charge in [0, 0.05) is 11.1 Å². The molecule has 0 radical (unpaired) electrons. The standard InChI is InChI=1S/C14H16BrNO4/c15-11-5-3-9(4-6-11)12(14(18)19)16-13(17)10-2-1-7-20-8-10/h3-6,10,12H,1-2,7-8H2,(H,16,17)(H,18,19). The monoisotopic (exact) mass is 341 g/mol. The van der Waals surface area contributed by atoms with Gasteiger partial charge < -0.3 is 15.2 Å². The van der Waals surface area contributed by atoms with Crippen LogP contribution in [-0.4, -0.2) is 30.2 Å². The largest absolute Gasteiger partial charge is 0.479 e. The average molecular weight is 342 g/mol. The molecule has 1 aromatic rings. The zero-order valence-electron chi connectivity index (χ0n) is 10.8. The van der Waals surface area contributed by atoms with Crippen LogP contribution in [0.3, 0.4) is 0 Å². The summed E-state index contributed by atoms with van der Waals surface area (Å²) in [6.45, 7) is 1.03. The molecule has 2 unspecified atom stereocenters.